The molecule has 3 aromatic rings. The van der Waals surface area contributed by atoms with Crippen molar-refractivity contribution in [3.63, 3.8) is 0 Å². The number of aliphatic hydroxyl groups is 1. The highest BCUT2D eigenvalue weighted by atomic mass is 19.4. The summed E-state index contributed by atoms with van der Waals surface area (Å²) < 4.78 is 60.2. The van der Waals surface area contributed by atoms with Gasteiger partial charge >= 0.3 is 6.36 Å². The first kappa shape index (κ1) is 23.9. The van der Waals surface area contributed by atoms with Crippen LogP contribution < -0.4 is 14.8 Å². The van der Waals surface area contributed by atoms with Crippen LogP contribution in [0.3, 0.4) is 0 Å². The minimum absolute atomic E-state index is 0.0114. The Morgan fingerprint density at radius 3 is 2.36 bits per heavy atom. The molecule has 3 rings (SSSR count). The molecule has 0 aliphatic carbocycles. The molecule has 0 fully saturated rings. The number of hydrogen-bond acceptors (Lipinski definition) is 6. The predicted octanol–water partition coefficient (Wildman–Crippen LogP) is 3.97. The molecule has 0 unspecified atom stereocenters. The quantitative estimate of drug-likeness (QED) is 0.513. The van der Waals surface area contributed by atoms with Crippen LogP contribution in [-0.2, 0) is 0 Å². The lowest BCUT2D eigenvalue weighted by Gasteiger charge is -2.13. The first-order valence-electron chi connectivity index (χ1n) is 9.60. The molecule has 0 spiro atoms. The molecule has 0 bridgehead atoms. The van der Waals surface area contributed by atoms with Gasteiger partial charge in [0.05, 0.1) is 19.4 Å². The van der Waals surface area contributed by atoms with E-state index in [2.05, 4.69) is 20.0 Å². The van der Waals surface area contributed by atoms with Crippen LogP contribution in [0.5, 0.6) is 11.5 Å². The van der Waals surface area contributed by atoms with E-state index < -0.39 is 29.9 Å². The molecule has 1 amide bonds. The van der Waals surface area contributed by atoms with Crippen LogP contribution in [0.25, 0.3) is 22.6 Å². The second-order valence-corrected chi connectivity index (χ2v) is 6.97. The number of halogens is 4. The Morgan fingerprint density at radius 2 is 1.76 bits per heavy atom. The van der Waals surface area contributed by atoms with Crippen LogP contribution in [0.4, 0.5) is 17.6 Å². The lowest BCUT2D eigenvalue weighted by Crippen LogP contribution is -2.35. The lowest BCUT2D eigenvalue weighted by atomic mass is 10.1. The zero-order valence-electron chi connectivity index (χ0n) is 17.5. The smallest absolute Gasteiger partial charge is 0.497 e. The molecule has 174 valence electrons. The van der Waals surface area contributed by atoms with Gasteiger partial charge in [-0.2, -0.15) is 0 Å². The third kappa shape index (κ3) is 6.39. The highest BCUT2D eigenvalue weighted by Gasteiger charge is 2.31. The third-order valence-electron chi connectivity index (χ3n) is 4.36. The fourth-order valence-electron chi connectivity index (χ4n) is 2.82. The first-order valence-corrected chi connectivity index (χ1v) is 9.60. The summed E-state index contributed by atoms with van der Waals surface area (Å²) in [5.74, 6) is -1.48. The van der Waals surface area contributed by atoms with Crippen molar-refractivity contribution in [3.05, 3.63) is 60.0 Å². The zero-order chi connectivity index (χ0) is 24.2. The highest BCUT2D eigenvalue weighted by molar-refractivity contribution is 5.94. The number of hydrogen-bond donors (Lipinski definition) is 2. The van der Waals surface area contributed by atoms with E-state index in [4.69, 9.17) is 4.74 Å². The van der Waals surface area contributed by atoms with Gasteiger partial charge in [0.15, 0.2) is 5.82 Å². The summed E-state index contributed by atoms with van der Waals surface area (Å²) in [6.45, 7) is 1.27. The third-order valence-corrected chi connectivity index (χ3v) is 4.36. The Morgan fingerprint density at radius 1 is 1.06 bits per heavy atom. The topological polar surface area (TPSA) is 93.6 Å². The Labute approximate surface area is 186 Å². The largest absolute Gasteiger partial charge is 0.573 e. The number of benzene rings is 2. The second-order valence-electron chi connectivity index (χ2n) is 6.97. The molecule has 2 N–H and O–H groups in total. The maximum absolute atomic E-state index is 14.0. The van der Waals surface area contributed by atoms with Crippen LogP contribution in [0.15, 0.2) is 48.5 Å². The number of aromatic nitrogens is 2. The minimum Gasteiger partial charge on any atom is -0.497 e. The maximum Gasteiger partial charge on any atom is 0.573 e. The van der Waals surface area contributed by atoms with E-state index in [9.17, 15) is 27.5 Å². The van der Waals surface area contributed by atoms with Crippen molar-refractivity contribution < 1.29 is 36.9 Å². The van der Waals surface area contributed by atoms with Gasteiger partial charge in [0.2, 0.25) is 0 Å². The Kier molecular flexibility index (Phi) is 7.12. The van der Waals surface area contributed by atoms with Gasteiger partial charge < -0.3 is 19.9 Å². The summed E-state index contributed by atoms with van der Waals surface area (Å²) in [6, 6.07) is 9.41. The fourth-order valence-corrected chi connectivity index (χ4v) is 2.82. The summed E-state index contributed by atoms with van der Waals surface area (Å²) >= 11 is 0. The number of nitrogens with one attached hydrogen (secondary N) is 1. The first-order chi connectivity index (χ1) is 15.6. The van der Waals surface area contributed by atoms with Crippen molar-refractivity contribution >= 4 is 5.91 Å². The molecule has 1 heterocycles. The van der Waals surface area contributed by atoms with Crippen molar-refractivity contribution in [1.82, 2.24) is 15.3 Å². The van der Waals surface area contributed by atoms with Crippen LogP contribution in [0, 0.1) is 5.82 Å². The van der Waals surface area contributed by atoms with Crippen LogP contribution in [0.2, 0.25) is 0 Å². The van der Waals surface area contributed by atoms with Crippen molar-refractivity contribution in [3.8, 4) is 34.1 Å². The summed E-state index contributed by atoms with van der Waals surface area (Å²) in [5, 5.41) is 11.7. The van der Waals surface area contributed by atoms with Crippen molar-refractivity contribution in [2.24, 2.45) is 0 Å². The van der Waals surface area contributed by atoms with Crippen LogP contribution in [-0.4, -0.2) is 47.1 Å². The monoisotopic (exact) mass is 465 g/mol. The normalized spacial score (nSPS) is 12.2. The SMILES string of the molecule is COc1cc(F)cc(-c2nc(C(=O)N[C@@H](C)CO)cc(-c3ccc(OC(F)(F)F)cc3)n2)c1. The summed E-state index contributed by atoms with van der Waals surface area (Å²) in [4.78, 5) is 21.2. The number of nitrogens with zero attached hydrogens (tertiary/aromatic N) is 2. The van der Waals surface area contributed by atoms with Gasteiger partial charge in [-0.25, -0.2) is 14.4 Å². The summed E-state index contributed by atoms with van der Waals surface area (Å²) in [5.41, 5.74) is 0.688. The van der Waals surface area contributed by atoms with Gasteiger partial charge in [-0.3, -0.25) is 4.79 Å². The molecular weight excluding hydrogens is 446 g/mol. The van der Waals surface area contributed by atoms with Crippen LogP contribution >= 0.6 is 0 Å². The van der Waals surface area contributed by atoms with Gasteiger partial charge in [0, 0.05) is 23.2 Å². The molecule has 33 heavy (non-hydrogen) atoms. The molecule has 0 radical (unpaired) electrons. The van der Waals surface area contributed by atoms with Gasteiger partial charge in [-0.15, -0.1) is 13.2 Å². The van der Waals surface area contributed by atoms with E-state index in [1.165, 1.54) is 31.4 Å². The Bertz CT molecular complexity index is 1140. The second kappa shape index (κ2) is 9.82. The number of alkyl halides is 3. The van der Waals surface area contributed by atoms with Gasteiger partial charge in [0.1, 0.15) is 23.0 Å². The molecule has 0 saturated heterocycles. The summed E-state index contributed by atoms with van der Waals surface area (Å²) in [6.07, 6.45) is -4.84. The predicted molar refractivity (Wildman–Crippen MR) is 110 cm³/mol. The average Bonchev–Trinajstić information content (AvgIpc) is 2.77. The Balaban J connectivity index is 2.08. The van der Waals surface area contributed by atoms with Crippen molar-refractivity contribution in [2.75, 3.05) is 13.7 Å². The molecule has 1 aromatic heterocycles. The van der Waals surface area contributed by atoms with E-state index in [0.29, 0.717) is 5.56 Å². The summed E-state index contributed by atoms with van der Waals surface area (Å²) in [7, 11) is 1.36. The average molecular weight is 465 g/mol. The molecular formula is C22H19F4N3O4. The molecule has 0 aliphatic heterocycles. The number of ether oxygens (including phenoxy) is 2. The molecule has 2 aromatic carbocycles. The number of amides is 1. The van der Waals surface area contributed by atoms with Gasteiger partial charge in [-0.05, 0) is 49.4 Å². The zero-order valence-corrected chi connectivity index (χ0v) is 17.5. The standard InChI is InChI=1S/C22H19F4N3O4/c1-12(11-30)27-21(31)19-10-18(13-3-5-16(6-4-13)33-22(24,25)26)28-20(29-19)14-7-15(23)9-17(8-14)32-2/h3-10,12,30H,11H2,1-2H3,(H,27,31)/t12-/m0/s1. The van der Waals surface area contributed by atoms with Crippen LogP contribution in [0.1, 0.15) is 17.4 Å². The highest BCUT2D eigenvalue weighted by Crippen LogP contribution is 2.29. The number of carbonyl (C=O) groups is 1. The Hall–Kier alpha value is -3.73. The van der Waals surface area contributed by atoms with Gasteiger partial charge in [0.25, 0.3) is 5.91 Å². The van der Waals surface area contributed by atoms with E-state index >= 15 is 0 Å². The molecule has 1 atom stereocenters. The van der Waals surface area contributed by atoms with E-state index in [-0.39, 0.29) is 35.1 Å². The number of aliphatic hydroxyl groups excluding tert-OH is 1. The van der Waals surface area contributed by atoms with E-state index in [1.54, 1.807) is 6.92 Å². The maximum atomic E-state index is 14.0. The van der Waals surface area contributed by atoms with Gasteiger partial charge in [-0.1, -0.05) is 0 Å². The molecule has 11 heteroatoms. The fraction of sp³-hybridized carbons (Fsp3) is 0.227. The number of rotatable bonds is 7. The van der Waals surface area contributed by atoms with Crippen molar-refractivity contribution in [1.29, 1.82) is 0 Å². The van der Waals surface area contributed by atoms with Crippen molar-refractivity contribution in [2.45, 2.75) is 19.3 Å². The van der Waals surface area contributed by atoms with E-state index in [0.717, 1.165) is 24.3 Å². The molecule has 7 nitrogen and oxygen atoms in total. The number of methoxy groups -OCH3 is 1. The lowest BCUT2D eigenvalue weighted by molar-refractivity contribution is -0.274. The molecule has 0 aliphatic rings. The van der Waals surface area contributed by atoms with E-state index in [1.807, 2.05) is 0 Å². The molecule has 0 saturated carbocycles. The number of carbonyl (C=O) groups excluding carboxylic acids is 1. The minimum atomic E-state index is -4.84.